The molecule has 0 radical (unpaired) electrons. The maximum absolute atomic E-state index is 9.04. The van der Waals surface area contributed by atoms with Gasteiger partial charge >= 0.3 is 0 Å². The molecule has 0 spiro atoms. The summed E-state index contributed by atoms with van der Waals surface area (Å²) in [5.41, 5.74) is 2.25. The average Bonchev–Trinajstić information content (AvgIpc) is 2.77. The molecule has 1 fully saturated rings. The molecular formula is C23H27N3O2. The molecule has 0 unspecified atom stereocenters. The van der Waals surface area contributed by atoms with Crippen molar-refractivity contribution in [2.24, 2.45) is 0 Å². The van der Waals surface area contributed by atoms with Crippen molar-refractivity contribution in [2.45, 2.75) is 12.8 Å². The van der Waals surface area contributed by atoms with Gasteiger partial charge in [0.25, 0.3) is 0 Å². The molecule has 2 aromatic carbocycles. The van der Waals surface area contributed by atoms with Crippen LogP contribution in [0.4, 0.5) is 5.82 Å². The van der Waals surface area contributed by atoms with Gasteiger partial charge in [-0.05, 0) is 35.9 Å². The highest BCUT2D eigenvalue weighted by atomic mass is 16.5. The van der Waals surface area contributed by atoms with Crippen LogP contribution in [-0.4, -0.2) is 49.5 Å². The molecule has 0 aliphatic carbocycles. The zero-order valence-electron chi connectivity index (χ0n) is 16.1. The number of nitrogens with one attached hydrogen (secondary N) is 1. The van der Waals surface area contributed by atoms with Crippen LogP contribution in [0.5, 0.6) is 5.75 Å². The van der Waals surface area contributed by atoms with Gasteiger partial charge in [0.05, 0.1) is 6.61 Å². The molecule has 1 aliphatic heterocycles. The van der Waals surface area contributed by atoms with Crippen molar-refractivity contribution in [3.8, 4) is 5.75 Å². The highest BCUT2D eigenvalue weighted by Crippen LogP contribution is 2.27. The van der Waals surface area contributed by atoms with E-state index >= 15 is 0 Å². The van der Waals surface area contributed by atoms with Crippen LogP contribution in [0.2, 0.25) is 0 Å². The summed E-state index contributed by atoms with van der Waals surface area (Å²) < 4.78 is 5.68. The van der Waals surface area contributed by atoms with Gasteiger partial charge in [0.2, 0.25) is 0 Å². The minimum atomic E-state index is 0.0224. The van der Waals surface area contributed by atoms with Gasteiger partial charge in [-0.1, -0.05) is 42.5 Å². The van der Waals surface area contributed by atoms with Gasteiger partial charge in [0, 0.05) is 37.3 Å². The van der Waals surface area contributed by atoms with Gasteiger partial charge < -0.3 is 20.1 Å². The normalized spacial score (nSPS) is 14.4. The fourth-order valence-electron chi connectivity index (χ4n) is 3.75. The zero-order chi connectivity index (χ0) is 19.2. The summed E-state index contributed by atoms with van der Waals surface area (Å²) in [6.45, 7) is 4.30. The van der Waals surface area contributed by atoms with Crippen molar-refractivity contribution in [3.63, 3.8) is 0 Å². The number of aryl methyl sites for hydroxylation is 2. The van der Waals surface area contributed by atoms with Crippen LogP contribution in [0.1, 0.15) is 11.3 Å². The molecule has 1 saturated heterocycles. The van der Waals surface area contributed by atoms with E-state index in [0.29, 0.717) is 6.61 Å². The average molecular weight is 377 g/mol. The smallest absolute Gasteiger partial charge is 0.136 e. The molecule has 146 valence electrons. The summed E-state index contributed by atoms with van der Waals surface area (Å²) in [6, 6.07) is 18.8. The van der Waals surface area contributed by atoms with Crippen molar-refractivity contribution in [3.05, 3.63) is 65.9 Å². The third kappa shape index (κ3) is 4.26. The van der Waals surface area contributed by atoms with Crippen molar-refractivity contribution >= 4 is 16.6 Å². The minimum absolute atomic E-state index is 0.0224. The molecule has 4 rings (SSSR count). The number of anilines is 1. The highest BCUT2D eigenvalue weighted by molar-refractivity contribution is 5.92. The fourth-order valence-corrected chi connectivity index (χ4v) is 3.75. The topological polar surface area (TPSA) is 57.6 Å². The first kappa shape index (κ1) is 18.7. The highest BCUT2D eigenvalue weighted by Gasteiger charge is 2.16. The third-order valence-electron chi connectivity index (χ3n) is 5.16. The van der Waals surface area contributed by atoms with Crippen LogP contribution >= 0.6 is 0 Å². The van der Waals surface area contributed by atoms with Crippen LogP contribution in [0, 0.1) is 0 Å². The Morgan fingerprint density at radius 3 is 2.64 bits per heavy atom. The largest absolute Gasteiger partial charge is 0.491 e. The van der Waals surface area contributed by atoms with Crippen LogP contribution in [-0.2, 0) is 12.8 Å². The molecule has 0 atom stereocenters. The minimum Gasteiger partial charge on any atom is -0.491 e. The van der Waals surface area contributed by atoms with E-state index < -0.39 is 0 Å². The molecule has 1 aromatic heterocycles. The van der Waals surface area contributed by atoms with E-state index in [0.717, 1.165) is 61.8 Å². The lowest BCUT2D eigenvalue weighted by atomic mass is 10.0. The first-order valence-electron chi connectivity index (χ1n) is 10.0. The van der Waals surface area contributed by atoms with E-state index in [1.165, 1.54) is 10.8 Å². The Balaban J connectivity index is 1.59. The molecule has 3 aromatic rings. The van der Waals surface area contributed by atoms with Gasteiger partial charge in [0.1, 0.15) is 18.2 Å². The molecule has 28 heavy (non-hydrogen) atoms. The molecule has 5 heteroatoms. The number of benzene rings is 2. The molecule has 2 N–H and O–H groups in total. The van der Waals surface area contributed by atoms with Crippen LogP contribution < -0.4 is 15.0 Å². The van der Waals surface area contributed by atoms with E-state index in [1.54, 1.807) is 0 Å². The molecule has 0 amide bonds. The number of aliphatic hydroxyl groups excluding tert-OH is 1. The van der Waals surface area contributed by atoms with Gasteiger partial charge in [-0.2, -0.15) is 0 Å². The van der Waals surface area contributed by atoms with E-state index in [1.807, 2.05) is 18.2 Å². The van der Waals surface area contributed by atoms with Gasteiger partial charge in [-0.3, -0.25) is 0 Å². The Morgan fingerprint density at radius 1 is 1.00 bits per heavy atom. The van der Waals surface area contributed by atoms with Gasteiger partial charge in [0.15, 0.2) is 0 Å². The van der Waals surface area contributed by atoms with E-state index in [9.17, 15) is 0 Å². The Labute approximate surface area is 166 Å². The second-order valence-electron chi connectivity index (χ2n) is 7.08. The SMILES string of the molecule is OCCOc1ccccc1CCc1cc2ccccc2c(N2CCNCC2)n1. The monoisotopic (exact) mass is 377 g/mol. The Hall–Kier alpha value is -2.63. The van der Waals surface area contributed by atoms with Crippen LogP contribution in [0.25, 0.3) is 10.8 Å². The standard InChI is InChI=1S/C23H27N3O2/c27-15-16-28-22-8-4-2-5-18(22)9-10-20-17-19-6-1-3-7-21(19)23(25-20)26-13-11-24-12-14-26/h1-8,17,24,27H,9-16H2. The zero-order valence-corrected chi connectivity index (χ0v) is 16.1. The lowest BCUT2D eigenvalue weighted by molar-refractivity contribution is 0.200. The van der Waals surface area contributed by atoms with Crippen LogP contribution in [0.3, 0.4) is 0 Å². The lowest BCUT2D eigenvalue weighted by Crippen LogP contribution is -2.44. The fraction of sp³-hybridized carbons (Fsp3) is 0.348. The van der Waals surface area contributed by atoms with Crippen LogP contribution in [0.15, 0.2) is 54.6 Å². The Morgan fingerprint density at radius 2 is 1.79 bits per heavy atom. The van der Waals surface area contributed by atoms with E-state index in [-0.39, 0.29) is 6.61 Å². The van der Waals surface area contributed by atoms with Gasteiger partial charge in [-0.25, -0.2) is 4.98 Å². The summed E-state index contributed by atoms with van der Waals surface area (Å²) >= 11 is 0. The molecular weight excluding hydrogens is 350 g/mol. The number of fused-ring (bicyclic) bond motifs is 1. The third-order valence-corrected chi connectivity index (χ3v) is 5.16. The second kappa shape index (κ2) is 9.04. The number of pyridine rings is 1. The first-order chi connectivity index (χ1) is 13.8. The number of aromatic nitrogens is 1. The number of piperazine rings is 1. The number of aliphatic hydroxyl groups is 1. The molecule has 5 nitrogen and oxygen atoms in total. The summed E-state index contributed by atoms with van der Waals surface area (Å²) in [5.74, 6) is 1.94. The second-order valence-corrected chi connectivity index (χ2v) is 7.08. The van der Waals surface area contributed by atoms with E-state index in [4.69, 9.17) is 14.8 Å². The maximum atomic E-state index is 9.04. The Bertz CT molecular complexity index is 923. The number of rotatable bonds is 7. The summed E-state index contributed by atoms with van der Waals surface area (Å²) in [4.78, 5) is 7.44. The summed E-state index contributed by atoms with van der Waals surface area (Å²) in [5, 5.41) is 14.9. The summed E-state index contributed by atoms with van der Waals surface area (Å²) in [7, 11) is 0. The number of ether oxygens (including phenoxy) is 1. The van der Waals surface area contributed by atoms with Gasteiger partial charge in [-0.15, -0.1) is 0 Å². The molecule has 0 saturated carbocycles. The summed E-state index contributed by atoms with van der Waals surface area (Å²) in [6.07, 6.45) is 1.71. The lowest BCUT2D eigenvalue weighted by Gasteiger charge is -2.29. The van der Waals surface area contributed by atoms with E-state index in [2.05, 4.69) is 46.6 Å². The maximum Gasteiger partial charge on any atom is 0.136 e. The number of para-hydroxylation sites is 1. The molecule has 1 aliphatic rings. The van der Waals surface area contributed by atoms with Crippen molar-refractivity contribution in [1.82, 2.24) is 10.3 Å². The van der Waals surface area contributed by atoms with Crippen molar-refractivity contribution in [2.75, 3.05) is 44.3 Å². The number of nitrogens with zero attached hydrogens (tertiary/aromatic N) is 2. The predicted octanol–water partition coefficient (Wildman–Crippen LogP) is 2.80. The predicted molar refractivity (Wildman–Crippen MR) is 113 cm³/mol. The molecule has 0 bridgehead atoms. The Kier molecular flexibility index (Phi) is 6.04. The van der Waals surface area contributed by atoms with Crippen molar-refractivity contribution in [1.29, 1.82) is 0 Å². The number of hydrogen-bond acceptors (Lipinski definition) is 5. The van der Waals surface area contributed by atoms with Crippen molar-refractivity contribution < 1.29 is 9.84 Å². The quantitative estimate of drug-likeness (QED) is 0.663. The first-order valence-corrected chi connectivity index (χ1v) is 10.0. The number of hydrogen-bond donors (Lipinski definition) is 2. The molecule has 2 heterocycles.